The number of rotatable bonds is 7. The fourth-order valence-electron chi connectivity index (χ4n) is 1.57. The minimum absolute atomic E-state index is 0.252. The van der Waals surface area contributed by atoms with Crippen LogP contribution in [0.15, 0.2) is 16.5 Å². The molecule has 0 fully saturated rings. The second-order valence-electron chi connectivity index (χ2n) is 3.95. The van der Waals surface area contributed by atoms with E-state index in [4.69, 9.17) is 9.68 Å². The molecule has 0 spiro atoms. The fourth-order valence-corrected chi connectivity index (χ4v) is 1.57. The second kappa shape index (κ2) is 7.08. The maximum Gasteiger partial charge on any atom is 0.120 e. The van der Waals surface area contributed by atoms with Crippen LogP contribution >= 0.6 is 0 Å². The molecule has 1 heterocycles. The van der Waals surface area contributed by atoms with Crippen LogP contribution in [0.4, 0.5) is 0 Å². The third-order valence-corrected chi connectivity index (χ3v) is 2.62. The van der Waals surface area contributed by atoms with E-state index in [0.717, 1.165) is 37.3 Å². The lowest BCUT2D eigenvalue weighted by Gasteiger charge is -2.10. The zero-order valence-corrected chi connectivity index (χ0v) is 10.1. The lowest BCUT2D eigenvalue weighted by Crippen LogP contribution is -2.19. The van der Waals surface area contributed by atoms with E-state index in [0.29, 0.717) is 6.42 Å². The van der Waals surface area contributed by atoms with Crippen molar-refractivity contribution in [2.24, 2.45) is 0 Å². The topological polar surface area (TPSA) is 49.0 Å². The fraction of sp³-hybridized carbons (Fsp3) is 0.615. The number of unbranched alkanes of at least 4 members (excludes halogenated alkanes) is 2. The minimum Gasteiger partial charge on any atom is -0.464 e. The van der Waals surface area contributed by atoms with Crippen LogP contribution in [0.25, 0.3) is 0 Å². The Bertz CT molecular complexity index is 338. The van der Waals surface area contributed by atoms with Crippen molar-refractivity contribution in [3.05, 3.63) is 23.7 Å². The van der Waals surface area contributed by atoms with Gasteiger partial charge in [-0.3, -0.25) is 0 Å². The van der Waals surface area contributed by atoms with E-state index >= 15 is 0 Å². The highest BCUT2D eigenvalue weighted by Crippen LogP contribution is 2.16. The highest BCUT2D eigenvalue weighted by atomic mass is 16.3. The Morgan fingerprint density at radius 3 is 2.88 bits per heavy atom. The molecule has 0 saturated heterocycles. The van der Waals surface area contributed by atoms with Gasteiger partial charge in [-0.05, 0) is 38.4 Å². The molecule has 3 heteroatoms. The van der Waals surface area contributed by atoms with Crippen LogP contribution in [0.1, 0.15) is 50.7 Å². The summed E-state index contributed by atoms with van der Waals surface area (Å²) in [5, 5.41) is 11.8. The van der Waals surface area contributed by atoms with Gasteiger partial charge in [0.2, 0.25) is 0 Å². The van der Waals surface area contributed by atoms with E-state index in [1.165, 1.54) is 0 Å². The van der Waals surface area contributed by atoms with Crippen molar-refractivity contribution >= 4 is 0 Å². The van der Waals surface area contributed by atoms with Crippen LogP contribution in [0.3, 0.4) is 0 Å². The molecule has 3 nitrogen and oxygen atoms in total. The van der Waals surface area contributed by atoms with Gasteiger partial charge in [0, 0.05) is 12.8 Å². The molecule has 1 atom stereocenters. The Morgan fingerprint density at radius 2 is 2.25 bits per heavy atom. The maximum absolute atomic E-state index is 8.40. The van der Waals surface area contributed by atoms with E-state index in [1.54, 1.807) is 0 Å². The normalized spacial score (nSPS) is 12.3. The summed E-state index contributed by atoms with van der Waals surface area (Å²) in [5.74, 6) is 2.03. The number of hydrogen-bond acceptors (Lipinski definition) is 3. The molecule has 0 saturated carbocycles. The summed E-state index contributed by atoms with van der Waals surface area (Å²) in [4.78, 5) is 0. The molecule has 0 aromatic carbocycles. The number of hydrogen-bond donors (Lipinski definition) is 1. The van der Waals surface area contributed by atoms with Gasteiger partial charge in [-0.2, -0.15) is 5.26 Å². The lowest BCUT2D eigenvalue weighted by atomic mass is 10.2. The number of aryl methyl sites for hydroxylation is 1. The van der Waals surface area contributed by atoms with Gasteiger partial charge in [-0.15, -0.1) is 0 Å². The Balaban J connectivity index is 2.24. The molecule has 1 unspecified atom stereocenters. The average molecular weight is 220 g/mol. The third-order valence-electron chi connectivity index (χ3n) is 2.62. The SMILES string of the molecule is CCc1ccc(C(C)NCCCCC#N)o1. The van der Waals surface area contributed by atoms with Gasteiger partial charge in [0.05, 0.1) is 12.1 Å². The van der Waals surface area contributed by atoms with Crippen molar-refractivity contribution in [2.45, 2.75) is 45.6 Å². The first-order valence-corrected chi connectivity index (χ1v) is 5.97. The van der Waals surface area contributed by atoms with E-state index < -0.39 is 0 Å². The van der Waals surface area contributed by atoms with Crippen LogP contribution < -0.4 is 5.32 Å². The van der Waals surface area contributed by atoms with Crippen LogP contribution in [-0.2, 0) is 6.42 Å². The van der Waals surface area contributed by atoms with Crippen LogP contribution in [0.5, 0.6) is 0 Å². The summed E-state index contributed by atoms with van der Waals surface area (Å²) < 4.78 is 5.66. The molecule has 0 radical (unpaired) electrons. The van der Waals surface area contributed by atoms with Gasteiger partial charge in [0.1, 0.15) is 11.5 Å². The molecule has 1 aromatic heterocycles. The highest BCUT2D eigenvalue weighted by Gasteiger charge is 2.08. The molecule has 88 valence electrons. The minimum atomic E-state index is 0.252. The molecule has 16 heavy (non-hydrogen) atoms. The summed E-state index contributed by atoms with van der Waals surface area (Å²) in [5.41, 5.74) is 0. The first-order valence-electron chi connectivity index (χ1n) is 5.97. The molecule has 0 aliphatic rings. The van der Waals surface area contributed by atoms with Crippen molar-refractivity contribution in [1.82, 2.24) is 5.32 Å². The maximum atomic E-state index is 8.40. The van der Waals surface area contributed by atoms with Crippen molar-refractivity contribution in [3.8, 4) is 6.07 Å². The van der Waals surface area contributed by atoms with Crippen LogP contribution in [-0.4, -0.2) is 6.54 Å². The molecule has 1 N–H and O–H groups in total. The van der Waals surface area contributed by atoms with E-state index in [-0.39, 0.29) is 6.04 Å². The third kappa shape index (κ3) is 4.08. The van der Waals surface area contributed by atoms with Gasteiger partial charge >= 0.3 is 0 Å². The van der Waals surface area contributed by atoms with Gasteiger partial charge in [0.15, 0.2) is 0 Å². The first-order chi connectivity index (χ1) is 7.77. The molecular formula is C13H20N2O. The summed E-state index contributed by atoms with van der Waals surface area (Å²) in [6.07, 6.45) is 3.60. The van der Waals surface area contributed by atoms with Crippen molar-refractivity contribution in [3.63, 3.8) is 0 Å². The molecule has 0 aliphatic heterocycles. The lowest BCUT2D eigenvalue weighted by molar-refractivity contribution is 0.406. The monoisotopic (exact) mass is 220 g/mol. The zero-order valence-electron chi connectivity index (χ0n) is 10.1. The Morgan fingerprint density at radius 1 is 1.44 bits per heavy atom. The van der Waals surface area contributed by atoms with E-state index in [1.807, 2.05) is 12.1 Å². The van der Waals surface area contributed by atoms with E-state index in [2.05, 4.69) is 25.2 Å². The number of nitrogens with one attached hydrogen (secondary N) is 1. The predicted molar refractivity (Wildman–Crippen MR) is 64.0 cm³/mol. The molecule has 0 amide bonds. The molecule has 1 aromatic rings. The average Bonchev–Trinajstić information content (AvgIpc) is 2.77. The molecule has 0 aliphatic carbocycles. The highest BCUT2D eigenvalue weighted by molar-refractivity contribution is 5.09. The summed E-state index contributed by atoms with van der Waals surface area (Å²) >= 11 is 0. The van der Waals surface area contributed by atoms with Gasteiger partial charge in [-0.25, -0.2) is 0 Å². The van der Waals surface area contributed by atoms with Gasteiger partial charge in [-0.1, -0.05) is 6.92 Å². The van der Waals surface area contributed by atoms with Gasteiger partial charge < -0.3 is 9.73 Å². The molecule has 0 bridgehead atoms. The van der Waals surface area contributed by atoms with Crippen molar-refractivity contribution in [2.75, 3.05) is 6.54 Å². The van der Waals surface area contributed by atoms with Crippen LogP contribution in [0.2, 0.25) is 0 Å². The Kier molecular flexibility index (Phi) is 5.66. The summed E-state index contributed by atoms with van der Waals surface area (Å²) in [6.45, 7) is 5.12. The quantitative estimate of drug-likeness (QED) is 0.718. The molecule has 1 rings (SSSR count). The number of nitriles is 1. The summed E-state index contributed by atoms with van der Waals surface area (Å²) in [6, 6.07) is 6.47. The second-order valence-corrected chi connectivity index (χ2v) is 3.95. The summed E-state index contributed by atoms with van der Waals surface area (Å²) in [7, 11) is 0. The predicted octanol–water partition coefficient (Wildman–Crippen LogP) is 3.19. The van der Waals surface area contributed by atoms with Crippen molar-refractivity contribution in [1.29, 1.82) is 5.26 Å². The van der Waals surface area contributed by atoms with E-state index in [9.17, 15) is 0 Å². The molecular weight excluding hydrogens is 200 g/mol. The zero-order chi connectivity index (χ0) is 11.8. The Hall–Kier alpha value is -1.27. The smallest absolute Gasteiger partial charge is 0.120 e. The van der Waals surface area contributed by atoms with Crippen molar-refractivity contribution < 1.29 is 4.42 Å². The number of furan rings is 1. The van der Waals surface area contributed by atoms with Gasteiger partial charge in [0.25, 0.3) is 0 Å². The number of nitrogens with zero attached hydrogens (tertiary/aromatic N) is 1. The Labute approximate surface area is 97.5 Å². The largest absolute Gasteiger partial charge is 0.464 e. The first kappa shape index (κ1) is 12.8. The van der Waals surface area contributed by atoms with Crippen LogP contribution in [0, 0.1) is 11.3 Å². The standard InChI is InChI=1S/C13H20N2O/c1-3-12-7-8-13(16-12)11(2)15-10-6-4-5-9-14/h7-8,11,15H,3-6,10H2,1-2H3.